The van der Waals surface area contributed by atoms with Crippen LogP contribution in [0.3, 0.4) is 0 Å². The van der Waals surface area contributed by atoms with Crippen molar-refractivity contribution in [3.63, 3.8) is 0 Å². The van der Waals surface area contributed by atoms with Crippen molar-refractivity contribution in [3.8, 4) is 0 Å². The van der Waals surface area contributed by atoms with Crippen LogP contribution in [0.15, 0.2) is 18.3 Å². The lowest BCUT2D eigenvalue weighted by atomic mass is 9.94. The summed E-state index contributed by atoms with van der Waals surface area (Å²) in [6.07, 6.45) is 3.48. The minimum atomic E-state index is -0.216. The van der Waals surface area contributed by atoms with Crippen LogP contribution in [0, 0.1) is 0 Å². The number of aromatic nitrogens is 1. The van der Waals surface area contributed by atoms with E-state index in [-0.39, 0.29) is 11.4 Å². The fourth-order valence-electron chi connectivity index (χ4n) is 2.11. The zero-order valence-corrected chi connectivity index (χ0v) is 13.6. The van der Waals surface area contributed by atoms with E-state index in [9.17, 15) is 4.79 Å². The van der Waals surface area contributed by atoms with Gasteiger partial charge in [-0.2, -0.15) is 0 Å². The second kappa shape index (κ2) is 7.98. The van der Waals surface area contributed by atoms with Crippen LogP contribution in [0.5, 0.6) is 0 Å². The summed E-state index contributed by atoms with van der Waals surface area (Å²) in [5, 5.41) is 3.32. The number of amides is 1. The van der Waals surface area contributed by atoms with Crippen molar-refractivity contribution in [2.45, 2.75) is 46.1 Å². The first-order chi connectivity index (χ1) is 9.99. The molecule has 1 aromatic heterocycles. The van der Waals surface area contributed by atoms with Crippen LogP contribution in [0.2, 0.25) is 0 Å². The molecule has 0 saturated carbocycles. The van der Waals surface area contributed by atoms with Crippen LogP contribution in [-0.4, -0.2) is 41.0 Å². The predicted octanol–water partition coefficient (Wildman–Crippen LogP) is 2.49. The summed E-state index contributed by atoms with van der Waals surface area (Å²) in [6, 6.07) is 3.66. The molecule has 0 atom stereocenters. The number of hydrogen-bond acceptors (Lipinski definition) is 4. The first kappa shape index (κ1) is 17.4. The number of carbonyl (C=O) groups excluding carboxylic acids is 1. The molecule has 0 aromatic carbocycles. The minimum absolute atomic E-state index is 0.0337. The van der Waals surface area contributed by atoms with Crippen molar-refractivity contribution in [1.29, 1.82) is 0 Å². The van der Waals surface area contributed by atoms with Gasteiger partial charge in [0.25, 0.3) is 5.91 Å². The lowest BCUT2D eigenvalue weighted by molar-refractivity contribution is 0.0767. The zero-order valence-electron chi connectivity index (χ0n) is 13.6. The van der Waals surface area contributed by atoms with Crippen LogP contribution >= 0.6 is 0 Å². The van der Waals surface area contributed by atoms with Gasteiger partial charge in [0.05, 0.1) is 0 Å². The molecule has 21 heavy (non-hydrogen) atoms. The molecule has 0 aliphatic carbocycles. The van der Waals surface area contributed by atoms with E-state index in [0.717, 1.165) is 18.5 Å². The van der Waals surface area contributed by atoms with Crippen molar-refractivity contribution in [2.75, 3.05) is 25.0 Å². The van der Waals surface area contributed by atoms with E-state index in [1.807, 2.05) is 19.9 Å². The highest BCUT2D eigenvalue weighted by Gasteiger charge is 2.20. The maximum Gasteiger partial charge on any atom is 0.272 e. The van der Waals surface area contributed by atoms with E-state index in [1.54, 1.807) is 17.2 Å². The van der Waals surface area contributed by atoms with E-state index >= 15 is 0 Å². The molecule has 1 amide bonds. The maximum absolute atomic E-state index is 12.3. The minimum Gasteiger partial charge on any atom is -0.383 e. The summed E-state index contributed by atoms with van der Waals surface area (Å²) in [4.78, 5) is 18.2. The Labute approximate surface area is 127 Å². The Morgan fingerprint density at radius 2 is 1.90 bits per heavy atom. The summed E-state index contributed by atoms with van der Waals surface area (Å²) >= 11 is 0. The van der Waals surface area contributed by atoms with Crippen LogP contribution in [0.4, 0.5) is 5.69 Å². The summed E-state index contributed by atoms with van der Waals surface area (Å²) in [5.74, 6) is -0.0337. The lowest BCUT2D eigenvalue weighted by Gasteiger charge is -2.27. The molecule has 1 aromatic rings. The average Bonchev–Trinajstić information content (AvgIpc) is 2.54. The highest BCUT2D eigenvalue weighted by atomic mass is 16.2. The molecule has 118 valence electrons. The van der Waals surface area contributed by atoms with Gasteiger partial charge in [-0.05, 0) is 38.8 Å². The molecule has 3 N–H and O–H groups in total. The Hall–Kier alpha value is -1.62. The highest BCUT2D eigenvalue weighted by molar-refractivity contribution is 5.93. The van der Waals surface area contributed by atoms with Crippen molar-refractivity contribution < 1.29 is 4.79 Å². The molecule has 1 rings (SSSR count). The molecule has 0 radical (unpaired) electrons. The van der Waals surface area contributed by atoms with Gasteiger partial charge < -0.3 is 16.0 Å². The summed E-state index contributed by atoms with van der Waals surface area (Å²) in [6.45, 7) is 10.2. The lowest BCUT2D eigenvalue weighted by Crippen LogP contribution is -2.45. The molecule has 0 fully saturated rings. The van der Waals surface area contributed by atoms with Gasteiger partial charge in [-0.15, -0.1) is 0 Å². The first-order valence-corrected chi connectivity index (χ1v) is 7.77. The van der Waals surface area contributed by atoms with Gasteiger partial charge >= 0.3 is 0 Å². The fraction of sp³-hybridized carbons (Fsp3) is 0.625. The quantitative estimate of drug-likeness (QED) is 0.772. The Bertz CT molecular complexity index is 453. The van der Waals surface area contributed by atoms with E-state index in [1.165, 1.54) is 0 Å². The third-order valence-electron chi connectivity index (χ3n) is 4.08. The molecule has 1 heterocycles. The van der Waals surface area contributed by atoms with E-state index in [4.69, 9.17) is 5.73 Å². The smallest absolute Gasteiger partial charge is 0.272 e. The largest absolute Gasteiger partial charge is 0.383 e. The van der Waals surface area contributed by atoms with Crippen molar-refractivity contribution >= 4 is 11.6 Å². The Morgan fingerprint density at radius 3 is 2.43 bits per heavy atom. The molecule has 0 saturated heterocycles. The van der Waals surface area contributed by atoms with E-state index in [0.29, 0.717) is 25.3 Å². The summed E-state index contributed by atoms with van der Waals surface area (Å²) < 4.78 is 0. The van der Waals surface area contributed by atoms with Crippen LogP contribution in [-0.2, 0) is 0 Å². The Balaban J connectivity index is 2.79. The zero-order chi connectivity index (χ0) is 15.9. The second-order valence-electron chi connectivity index (χ2n) is 5.33. The number of hydrogen-bond donors (Lipinski definition) is 2. The van der Waals surface area contributed by atoms with E-state index in [2.05, 4.69) is 24.1 Å². The molecule has 0 unspecified atom stereocenters. The number of pyridine rings is 1. The predicted molar refractivity (Wildman–Crippen MR) is 87.5 cm³/mol. The van der Waals surface area contributed by atoms with Gasteiger partial charge in [0.1, 0.15) is 5.69 Å². The second-order valence-corrected chi connectivity index (χ2v) is 5.33. The van der Waals surface area contributed by atoms with Gasteiger partial charge in [0.2, 0.25) is 0 Å². The van der Waals surface area contributed by atoms with E-state index < -0.39 is 0 Å². The molecular formula is C16H28N4O. The van der Waals surface area contributed by atoms with Gasteiger partial charge in [-0.1, -0.05) is 13.8 Å². The molecule has 0 spiro atoms. The van der Waals surface area contributed by atoms with Gasteiger partial charge in [0, 0.05) is 37.1 Å². The standard InChI is InChI=1S/C16H28N4O/c1-5-16(17,6-2)12-19-13-9-10-18-14(11-13)15(21)20(7-3)8-4/h9-11H,5-8,12,17H2,1-4H3,(H,18,19). The summed E-state index contributed by atoms with van der Waals surface area (Å²) in [7, 11) is 0. The molecule has 5 nitrogen and oxygen atoms in total. The summed E-state index contributed by atoms with van der Waals surface area (Å²) in [5.41, 5.74) is 7.42. The number of anilines is 1. The fourth-order valence-corrected chi connectivity index (χ4v) is 2.11. The SMILES string of the molecule is CCN(CC)C(=O)c1cc(NCC(N)(CC)CC)ccn1. The first-order valence-electron chi connectivity index (χ1n) is 7.77. The van der Waals surface area contributed by atoms with Crippen molar-refractivity contribution in [3.05, 3.63) is 24.0 Å². The molecular weight excluding hydrogens is 264 g/mol. The number of carbonyl (C=O) groups is 1. The Morgan fingerprint density at radius 1 is 1.29 bits per heavy atom. The van der Waals surface area contributed by atoms with Crippen molar-refractivity contribution in [2.24, 2.45) is 5.73 Å². The topological polar surface area (TPSA) is 71.2 Å². The van der Waals surface area contributed by atoms with Crippen LogP contribution in [0.25, 0.3) is 0 Å². The monoisotopic (exact) mass is 292 g/mol. The van der Waals surface area contributed by atoms with Crippen LogP contribution in [0.1, 0.15) is 51.0 Å². The highest BCUT2D eigenvalue weighted by Crippen LogP contribution is 2.15. The average molecular weight is 292 g/mol. The third-order valence-corrected chi connectivity index (χ3v) is 4.08. The molecule has 0 aliphatic heterocycles. The van der Waals surface area contributed by atoms with Gasteiger partial charge in [-0.3, -0.25) is 9.78 Å². The molecule has 0 aliphatic rings. The maximum atomic E-state index is 12.3. The van der Waals surface area contributed by atoms with Crippen LogP contribution < -0.4 is 11.1 Å². The van der Waals surface area contributed by atoms with Gasteiger partial charge in [0.15, 0.2) is 0 Å². The molecule has 5 heteroatoms. The normalized spacial score (nSPS) is 11.3. The number of rotatable bonds is 8. The Kier molecular flexibility index (Phi) is 6.62. The number of nitrogens with two attached hydrogens (primary N) is 1. The van der Waals surface area contributed by atoms with Crippen molar-refractivity contribution in [1.82, 2.24) is 9.88 Å². The number of nitrogens with one attached hydrogen (secondary N) is 1. The van der Waals surface area contributed by atoms with Gasteiger partial charge in [-0.25, -0.2) is 0 Å². The molecule has 0 bridgehead atoms. The number of nitrogens with zero attached hydrogens (tertiary/aromatic N) is 2. The third kappa shape index (κ3) is 4.70.